The average Bonchev–Trinajstić information content (AvgIpc) is 2.69. The van der Waals surface area contributed by atoms with E-state index in [1.165, 1.54) is 4.90 Å². The first kappa shape index (κ1) is 13.9. The molecule has 1 fully saturated rings. The molecule has 1 aliphatic rings. The molecule has 2 N–H and O–H groups in total. The van der Waals surface area contributed by atoms with E-state index in [0.717, 1.165) is 19.3 Å². The fourth-order valence-electron chi connectivity index (χ4n) is 2.68. The predicted molar refractivity (Wildman–Crippen MR) is 79.4 cm³/mol. The van der Waals surface area contributed by atoms with E-state index in [9.17, 15) is 9.18 Å². The van der Waals surface area contributed by atoms with Crippen LogP contribution in [0.2, 0.25) is 0 Å². The number of benzene rings is 1. The van der Waals surface area contributed by atoms with Gasteiger partial charge in [-0.25, -0.2) is 9.37 Å². The van der Waals surface area contributed by atoms with Gasteiger partial charge in [0, 0.05) is 20.1 Å². The van der Waals surface area contributed by atoms with Crippen molar-refractivity contribution in [2.75, 3.05) is 19.8 Å². The Morgan fingerprint density at radius 3 is 2.76 bits per heavy atom. The minimum absolute atomic E-state index is 0.0462. The van der Waals surface area contributed by atoms with Crippen molar-refractivity contribution in [1.82, 2.24) is 14.5 Å². The molecule has 0 unspecified atom stereocenters. The van der Waals surface area contributed by atoms with Gasteiger partial charge in [-0.1, -0.05) is 6.07 Å². The molecule has 1 aliphatic carbocycles. The molecule has 1 heterocycles. The first-order valence-corrected chi connectivity index (χ1v) is 7.14. The van der Waals surface area contributed by atoms with Gasteiger partial charge in [0.1, 0.15) is 5.52 Å². The molecule has 1 aromatic carbocycles. The second-order valence-corrected chi connectivity index (χ2v) is 5.80. The van der Waals surface area contributed by atoms with Crippen LogP contribution in [0.3, 0.4) is 0 Å². The monoisotopic (exact) mass is 290 g/mol. The highest BCUT2D eigenvalue weighted by Gasteiger charge is 2.26. The molecule has 6 heteroatoms. The number of carbonyl (C=O) groups excluding carboxylic acids is 1. The molecule has 5 nitrogen and oxygen atoms in total. The Bertz CT molecular complexity index is 703. The Kier molecular flexibility index (Phi) is 3.31. The third kappa shape index (κ3) is 2.24. The van der Waals surface area contributed by atoms with Gasteiger partial charge in [0.2, 0.25) is 11.9 Å². The maximum atomic E-state index is 14.8. The summed E-state index contributed by atoms with van der Waals surface area (Å²) >= 11 is 0. The lowest BCUT2D eigenvalue weighted by Crippen LogP contribution is -2.24. The maximum Gasteiger partial charge on any atom is 0.226 e. The van der Waals surface area contributed by atoms with Gasteiger partial charge in [0.25, 0.3) is 0 Å². The van der Waals surface area contributed by atoms with Crippen LogP contribution in [-0.2, 0) is 11.2 Å². The number of nitrogen functional groups attached to an aromatic ring is 1. The summed E-state index contributed by atoms with van der Waals surface area (Å²) in [6.45, 7) is 0. The second-order valence-electron chi connectivity index (χ2n) is 5.80. The lowest BCUT2D eigenvalue weighted by atomic mass is 9.92. The number of amides is 1. The number of nitrogens with zero attached hydrogens (tertiary/aromatic N) is 3. The lowest BCUT2D eigenvalue weighted by Gasteiger charge is -2.28. The lowest BCUT2D eigenvalue weighted by molar-refractivity contribution is -0.128. The highest BCUT2D eigenvalue weighted by atomic mass is 19.1. The molecular weight excluding hydrogens is 271 g/mol. The molecule has 0 radical (unpaired) electrons. The Hall–Kier alpha value is -2.11. The third-order valence-corrected chi connectivity index (χ3v) is 4.18. The van der Waals surface area contributed by atoms with Crippen LogP contribution >= 0.6 is 0 Å². The number of rotatable bonds is 3. The third-order valence-electron chi connectivity index (χ3n) is 4.18. The smallest absolute Gasteiger partial charge is 0.226 e. The average molecular weight is 290 g/mol. The van der Waals surface area contributed by atoms with E-state index in [-0.39, 0.29) is 24.2 Å². The van der Waals surface area contributed by atoms with Crippen molar-refractivity contribution in [2.24, 2.45) is 0 Å². The van der Waals surface area contributed by atoms with Crippen molar-refractivity contribution in [2.45, 2.75) is 31.7 Å². The van der Waals surface area contributed by atoms with Crippen LogP contribution < -0.4 is 5.73 Å². The van der Waals surface area contributed by atoms with Crippen LogP contribution in [0.4, 0.5) is 10.3 Å². The van der Waals surface area contributed by atoms with Crippen molar-refractivity contribution < 1.29 is 9.18 Å². The number of hydrogen-bond donors (Lipinski definition) is 1. The predicted octanol–water partition coefficient (Wildman–Crippen LogP) is 2.11. The van der Waals surface area contributed by atoms with Gasteiger partial charge >= 0.3 is 0 Å². The van der Waals surface area contributed by atoms with Gasteiger partial charge in [-0.15, -0.1) is 0 Å². The molecule has 0 spiro atoms. The van der Waals surface area contributed by atoms with Gasteiger partial charge in [-0.2, -0.15) is 0 Å². The Balaban J connectivity index is 2.08. The van der Waals surface area contributed by atoms with E-state index >= 15 is 0 Å². The van der Waals surface area contributed by atoms with Crippen LogP contribution in [0.5, 0.6) is 0 Å². The zero-order valence-corrected chi connectivity index (χ0v) is 12.3. The van der Waals surface area contributed by atoms with Crippen LogP contribution in [0.25, 0.3) is 11.0 Å². The van der Waals surface area contributed by atoms with Crippen molar-refractivity contribution in [1.29, 1.82) is 0 Å². The molecule has 3 rings (SSSR count). The van der Waals surface area contributed by atoms with E-state index in [1.54, 1.807) is 30.8 Å². The minimum Gasteiger partial charge on any atom is -0.369 e. The zero-order valence-electron chi connectivity index (χ0n) is 12.3. The number of anilines is 1. The Morgan fingerprint density at radius 1 is 1.48 bits per heavy atom. The summed E-state index contributed by atoms with van der Waals surface area (Å²) in [4.78, 5) is 17.5. The summed E-state index contributed by atoms with van der Waals surface area (Å²) < 4.78 is 16.6. The molecule has 0 saturated heterocycles. The number of hydrogen-bond acceptors (Lipinski definition) is 3. The number of halogens is 1. The summed E-state index contributed by atoms with van der Waals surface area (Å²) in [5, 5.41) is 0. The van der Waals surface area contributed by atoms with Gasteiger partial charge in [0.15, 0.2) is 5.82 Å². The van der Waals surface area contributed by atoms with E-state index in [2.05, 4.69) is 4.98 Å². The standard InChI is InChI=1S/C15H19FN4O/c1-19(2)12(21)8-9-6-7-11-14(13(9)16)20(15(17)18-11)10-4-3-5-10/h6-7,10H,3-5,8H2,1-2H3,(H2,17,18). The van der Waals surface area contributed by atoms with E-state index in [4.69, 9.17) is 5.73 Å². The molecule has 1 amide bonds. The highest BCUT2D eigenvalue weighted by molar-refractivity contribution is 5.83. The molecule has 0 atom stereocenters. The van der Waals surface area contributed by atoms with E-state index < -0.39 is 0 Å². The van der Waals surface area contributed by atoms with Crippen molar-refractivity contribution in [3.63, 3.8) is 0 Å². The zero-order chi connectivity index (χ0) is 15.1. The molecule has 21 heavy (non-hydrogen) atoms. The fourth-order valence-corrected chi connectivity index (χ4v) is 2.68. The number of aromatic nitrogens is 2. The summed E-state index contributed by atoms with van der Waals surface area (Å²) in [5.74, 6) is -0.153. The van der Waals surface area contributed by atoms with Gasteiger partial charge < -0.3 is 15.2 Å². The van der Waals surface area contributed by atoms with E-state index in [1.807, 2.05) is 0 Å². The topological polar surface area (TPSA) is 64.2 Å². The molecule has 1 saturated carbocycles. The molecular formula is C15H19FN4O. The van der Waals surface area contributed by atoms with Gasteiger partial charge in [-0.05, 0) is 30.9 Å². The van der Waals surface area contributed by atoms with Crippen molar-refractivity contribution in [3.05, 3.63) is 23.5 Å². The van der Waals surface area contributed by atoms with E-state index in [0.29, 0.717) is 22.5 Å². The molecule has 112 valence electrons. The Morgan fingerprint density at radius 2 is 2.19 bits per heavy atom. The molecule has 0 aliphatic heterocycles. The van der Waals surface area contributed by atoms with Crippen molar-refractivity contribution >= 4 is 22.9 Å². The van der Waals surface area contributed by atoms with Gasteiger partial charge in [-0.3, -0.25) is 4.79 Å². The van der Waals surface area contributed by atoms with Crippen LogP contribution in [0.15, 0.2) is 12.1 Å². The summed E-state index contributed by atoms with van der Waals surface area (Å²) in [6.07, 6.45) is 3.17. The molecule has 0 bridgehead atoms. The summed E-state index contributed by atoms with van der Waals surface area (Å²) in [6, 6.07) is 3.59. The fraction of sp³-hybridized carbons (Fsp3) is 0.467. The van der Waals surface area contributed by atoms with Crippen LogP contribution in [0.1, 0.15) is 30.9 Å². The number of imidazole rings is 1. The van der Waals surface area contributed by atoms with Crippen LogP contribution in [-0.4, -0.2) is 34.5 Å². The normalized spacial score (nSPS) is 15.2. The summed E-state index contributed by atoms with van der Waals surface area (Å²) in [7, 11) is 3.32. The first-order valence-electron chi connectivity index (χ1n) is 7.14. The molecule has 1 aromatic heterocycles. The minimum atomic E-state index is -0.376. The number of nitrogens with two attached hydrogens (primary N) is 1. The van der Waals surface area contributed by atoms with Crippen LogP contribution in [0, 0.1) is 5.82 Å². The number of likely N-dealkylation sites (N-methyl/N-ethyl adjacent to an activating group) is 1. The largest absolute Gasteiger partial charge is 0.369 e. The second kappa shape index (κ2) is 5.02. The quantitative estimate of drug-likeness (QED) is 0.941. The maximum absolute atomic E-state index is 14.8. The SMILES string of the molecule is CN(C)C(=O)Cc1ccc2nc(N)n(C3CCC3)c2c1F. The number of fused-ring (bicyclic) bond motifs is 1. The van der Waals surface area contributed by atoms with Crippen molar-refractivity contribution in [3.8, 4) is 0 Å². The number of carbonyl (C=O) groups is 1. The molecule has 2 aromatic rings. The Labute approximate surface area is 122 Å². The van der Waals surface area contributed by atoms with Gasteiger partial charge in [0.05, 0.1) is 11.9 Å². The first-order chi connectivity index (χ1) is 9.99. The summed E-state index contributed by atoms with van der Waals surface area (Å²) in [5.41, 5.74) is 7.32. The highest BCUT2D eigenvalue weighted by Crippen LogP contribution is 2.37.